The number of thiophene rings is 1. The van der Waals surface area contributed by atoms with E-state index in [2.05, 4.69) is 15.6 Å². The molecule has 2 rings (SSSR count). The van der Waals surface area contributed by atoms with Crippen LogP contribution >= 0.6 is 11.3 Å². The van der Waals surface area contributed by atoms with E-state index in [9.17, 15) is 19.3 Å². The van der Waals surface area contributed by atoms with E-state index in [4.69, 9.17) is 0 Å². The lowest BCUT2D eigenvalue weighted by atomic mass is 10.5. The van der Waals surface area contributed by atoms with E-state index in [0.717, 1.165) is 28.4 Å². The molecule has 1 amide bonds. The van der Waals surface area contributed by atoms with E-state index in [0.29, 0.717) is 4.88 Å². The van der Waals surface area contributed by atoms with Crippen LogP contribution in [0.25, 0.3) is 0 Å². The molecule has 2 aromatic heterocycles. The molecule has 0 aliphatic carbocycles. The van der Waals surface area contributed by atoms with Gasteiger partial charge in [0.15, 0.2) is 5.13 Å². The fourth-order valence-corrected chi connectivity index (χ4v) is 1.88. The molecule has 2 aromatic rings. The zero-order valence-electron chi connectivity index (χ0n) is 9.89. The minimum atomic E-state index is -0.606. The van der Waals surface area contributed by atoms with Crippen LogP contribution in [0.5, 0.6) is 0 Å². The second kappa shape index (κ2) is 6.02. The zero-order chi connectivity index (χ0) is 14.5. The van der Waals surface area contributed by atoms with E-state index in [1.54, 1.807) is 0 Å². The van der Waals surface area contributed by atoms with Crippen LogP contribution < -0.4 is 5.43 Å². The summed E-state index contributed by atoms with van der Waals surface area (Å²) in [6, 6.07) is 2.81. The number of hydrogen-bond acceptors (Lipinski definition) is 6. The standard InChI is InChI=1S/C10H8FN5O3S/c11-9-2-1-8(20-9)4-12-14-10(17)6-15-5-7(3-13-15)16(18)19/h1-5H,6H2,(H,14,17)/b12-4+. The van der Waals surface area contributed by atoms with Crippen molar-refractivity contribution >= 4 is 29.1 Å². The molecule has 0 aliphatic heterocycles. The summed E-state index contributed by atoms with van der Waals surface area (Å²) in [6.07, 6.45) is 3.49. The molecule has 104 valence electrons. The Morgan fingerprint density at radius 1 is 1.65 bits per heavy atom. The monoisotopic (exact) mass is 297 g/mol. The van der Waals surface area contributed by atoms with Gasteiger partial charge in [-0.1, -0.05) is 0 Å². The van der Waals surface area contributed by atoms with Crippen molar-refractivity contribution in [3.63, 3.8) is 0 Å². The molecule has 0 saturated carbocycles. The van der Waals surface area contributed by atoms with E-state index < -0.39 is 10.8 Å². The van der Waals surface area contributed by atoms with E-state index >= 15 is 0 Å². The molecule has 2 heterocycles. The van der Waals surface area contributed by atoms with Crippen LogP contribution in [0.4, 0.5) is 10.1 Å². The highest BCUT2D eigenvalue weighted by atomic mass is 32.1. The Bertz CT molecular complexity index is 665. The average Bonchev–Trinajstić information content (AvgIpc) is 2.99. The van der Waals surface area contributed by atoms with Gasteiger partial charge >= 0.3 is 5.69 Å². The Kier molecular flexibility index (Phi) is 4.15. The van der Waals surface area contributed by atoms with Gasteiger partial charge in [0, 0.05) is 0 Å². The number of nitrogens with zero attached hydrogens (tertiary/aromatic N) is 4. The molecule has 0 fully saturated rings. The number of rotatable bonds is 5. The molecular formula is C10H8FN5O3S. The number of hydrazone groups is 1. The Labute approximate surface area is 115 Å². The number of halogens is 1. The summed E-state index contributed by atoms with van der Waals surface area (Å²) in [7, 11) is 0. The van der Waals surface area contributed by atoms with Gasteiger partial charge in [-0.25, -0.2) is 5.43 Å². The Hall–Kier alpha value is -2.62. The van der Waals surface area contributed by atoms with Crippen molar-refractivity contribution in [2.24, 2.45) is 5.10 Å². The summed E-state index contributed by atoms with van der Waals surface area (Å²) >= 11 is 0.890. The largest absolute Gasteiger partial charge is 0.307 e. The number of nitro groups is 1. The van der Waals surface area contributed by atoms with Crippen molar-refractivity contribution in [3.8, 4) is 0 Å². The van der Waals surface area contributed by atoms with Gasteiger partial charge in [0.2, 0.25) is 0 Å². The fourth-order valence-electron chi connectivity index (χ4n) is 1.28. The van der Waals surface area contributed by atoms with Crippen molar-refractivity contribution < 1.29 is 14.1 Å². The van der Waals surface area contributed by atoms with Gasteiger partial charge in [-0.05, 0) is 12.1 Å². The summed E-state index contributed by atoms with van der Waals surface area (Å²) in [4.78, 5) is 21.8. The van der Waals surface area contributed by atoms with Crippen molar-refractivity contribution in [1.82, 2.24) is 15.2 Å². The predicted molar refractivity (Wildman–Crippen MR) is 68.9 cm³/mol. The summed E-state index contributed by atoms with van der Waals surface area (Å²) in [5.74, 6) is -0.503. The molecule has 0 saturated heterocycles. The lowest BCUT2D eigenvalue weighted by Crippen LogP contribution is -2.23. The number of hydrogen-bond donors (Lipinski definition) is 1. The zero-order valence-corrected chi connectivity index (χ0v) is 10.7. The maximum absolute atomic E-state index is 12.7. The third-order valence-corrected chi connectivity index (χ3v) is 2.92. The van der Waals surface area contributed by atoms with Crippen LogP contribution in [-0.2, 0) is 11.3 Å². The third-order valence-electron chi connectivity index (χ3n) is 2.11. The maximum atomic E-state index is 12.7. The van der Waals surface area contributed by atoms with Gasteiger partial charge in [0.1, 0.15) is 18.9 Å². The minimum Gasteiger partial charge on any atom is -0.271 e. The normalized spacial score (nSPS) is 10.8. The van der Waals surface area contributed by atoms with Crippen LogP contribution in [0.1, 0.15) is 4.88 Å². The van der Waals surface area contributed by atoms with Gasteiger partial charge in [0.25, 0.3) is 5.91 Å². The highest BCUT2D eigenvalue weighted by Gasteiger charge is 2.10. The van der Waals surface area contributed by atoms with Gasteiger partial charge in [0.05, 0.1) is 16.0 Å². The molecule has 20 heavy (non-hydrogen) atoms. The van der Waals surface area contributed by atoms with Crippen LogP contribution in [0.15, 0.2) is 29.6 Å². The molecule has 0 spiro atoms. The summed E-state index contributed by atoms with van der Waals surface area (Å²) in [6.45, 7) is -0.204. The lowest BCUT2D eigenvalue weighted by molar-refractivity contribution is -0.385. The topological polar surface area (TPSA) is 102 Å². The molecule has 0 aromatic carbocycles. The quantitative estimate of drug-likeness (QED) is 0.508. The third kappa shape index (κ3) is 3.68. The van der Waals surface area contributed by atoms with Crippen LogP contribution in [-0.4, -0.2) is 26.8 Å². The Morgan fingerprint density at radius 3 is 3.05 bits per heavy atom. The minimum absolute atomic E-state index is 0.199. The SMILES string of the molecule is O=C(Cn1cc([N+](=O)[O-])cn1)N/N=C/c1ccc(F)s1. The average molecular weight is 297 g/mol. The number of carbonyl (C=O) groups is 1. The Morgan fingerprint density at radius 2 is 2.45 bits per heavy atom. The first-order chi connectivity index (χ1) is 9.54. The molecule has 0 bridgehead atoms. The summed E-state index contributed by atoms with van der Waals surface area (Å²) in [5, 5.41) is 17.4. The number of nitrogens with one attached hydrogen (secondary N) is 1. The van der Waals surface area contributed by atoms with Crippen molar-refractivity contribution in [1.29, 1.82) is 0 Å². The highest BCUT2D eigenvalue weighted by Crippen LogP contribution is 2.11. The second-order valence-electron chi connectivity index (χ2n) is 3.59. The highest BCUT2D eigenvalue weighted by molar-refractivity contribution is 7.12. The molecular weight excluding hydrogens is 289 g/mol. The van der Waals surface area contributed by atoms with Crippen LogP contribution in [0.3, 0.4) is 0 Å². The molecule has 0 unspecified atom stereocenters. The smallest absolute Gasteiger partial charge is 0.271 e. The first-order valence-electron chi connectivity index (χ1n) is 5.28. The Balaban J connectivity index is 1.85. The second-order valence-corrected chi connectivity index (χ2v) is 4.65. The number of aromatic nitrogens is 2. The lowest BCUT2D eigenvalue weighted by Gasteiger charge is -1.98. The summed E-state index contributed by atoms with van der Waals surface area (Å²) in [5.41, 5.74) is 2.01. The summed E-state index contributed by atoms with van der Waals surface area (Å²) < 4.78 is 13.8. The van der Waals surface area contributed by atoms with Gasteiger partial charge in [-0.2, -0.15) is 14.6 Å². The van der Waals surface area contributed by atoms with Crippen molar-refractivity contribution in [2.45, 2.75) is 6.54 Å². The van der Waals surface area contributed by atoms with Gasteiger partial charge in [-0.15, -0.1) is 11.3 Å². The van der Waals surface area contributed by atoms with Crippen LogP contribution in [0.2, 0.25) is 0 Å². The number of amides is 1. The molecule has 1 N–H and O–H groups in total. The molecule has 8 nitrogen and oxygen atoms in total. The first-order valence-corrected chi connectivity index (χ1v) is 6.10. The fraction of sp³-hybridized carbons (Fsp3) is 0.100. The molecule has 0 radical (unpaired) electrons. The van der Waals surface area contributed by atoms with Gasteiger partial charge in [-0.3, -0.25) is 19.6 Å². The molecule has 10 heteroatoms. The van der Waals surface area contributed by atoms with E-state index in [1.165, 1.54) is 18.3 Å². The van der Waals surface area contributed by atoms with E-state index in [-0.39, 0.29) is 17.4 Å². The molecule has 0 aliphatic rings. The van der Waals surface area contributed by atoms with E-state index in [1.807, 2.05) is 0 Å². The number of carbonyl (C=O) groups excluding carboxylic acids is 1. The van der Waals surface area contributed by atoms with Gasteiger partial charge < -0.3 is 0 Å². The van der Waals surface area contributed by atoms with Crippen LogP contribution in [0, 0.1) is 15.2 Å². The predicted octanol–water partition coefficient (Wildman–Crippen LogP) is 1.14. The van der Waals surface area contributed by atoms with Crippen molar-refractivity contribution in [2.75, 3.05) is 0 Å². The van der Waals surface area contributed by atoms with Crippen molar-refractivity contribution in [3.05, 3.63) is 44.6 Å². The maximum Gasteiger partial charge on any atom is 0.307 e. The first kappa shape index (κ1) is 13.8. The molecule has 0 atom stereocenters.